The number of nitrogens with zero attached hydrogens (tertiary/aromatic N) is 2. The fraction of sp³-hybridized carbons (Fsp3) is 0.533. The number of fused-ring (bicyclic) bond motifs is 1. The minimum absolute atomic E-state index is 0.214. The van der Waals surface area contributed by atoms with Crippen LogP contribution in [0.3, 0.4) is 0 Å². The highest BCUT2D eigenvalue weighted by Crippen LogP contribution is 2.40. The molecular weight excluding hydrogens is 241 g/mol. The maximum atomic E-state index is 13.3. The van der Waals surface area contributed by atoms with Crippen molar-refractivity contribution in [2.75, 3.05) is 6.54 Å². The maximum Gasteiger partial charge on any atom is 0.125 e. The van der Waals surface area contributed by atoms with Crippen LogP contribution in [0.15, 0.2) is 18.2 Å². The summed E-state index contributed by atoms with van der Waals surface area (Å²) in [5.74, 6) is 1.25. The van der Waals surface area contributed by atoms with E-state index >= 15 is 0 Å². The molecule has 1 saturated carbocycles. The van der Waals surface area contributed by atoms with Gasteiger partial charge in [0.25, 0.3) is 0 Å². The van der Waals surface area contributed by atoms with Crippen LogP contribution in [0.5, 0.6) is 0 Å². The molecule has 1 aromatic carbocycles. The molecule has 0 aliphatic heterocycles. The molecule has 1 aliphatic rings. The van der Waals surface area contributed by atoms with Crippen LogP contribution in [0.25, 0.3) is 11.0 Å². The van der Waals surface area contributed by atoms with Gasteiger partial charge in [-0.2, -0.15) is 0 Å². The number of benzene rings is 1. The summed E-state index contributed by atoms with van der Waals surface area (Å²) in [4.78, 5) is 4.67. The van der Waals surface area contributed by atoms with Gasteiger partial charge in [-0.15, -0.1) is 0 Å². The average molecular weight is 261 g/mol. The molecule has 1 heterocycles. The lowest BCUT2D eigenvalue weighted by molar-refractivity contribution is 0.570. The largest absolute Gasteiger partial charge is 0.330 e. The minimum atomic E-state index is -0.214. The summed E-state index contributed by atoms with van der Waals surface area (Å²) in [7, 11) is 0. The van der Waals surface area contributed by atoms with Crippen molar-refractivity contribution in [1.82, 2.24) is 9.55 Å². The monoisotopic (exact) mass is 261 g/mol. The van der Waals surface area contributed by atoms with E-state index in [1.165, 1.54) is 25.0 Å². The summed E-state index contributed by atoms with van der Waals surface area (Å²) in [6, 6.07) is 5.48. The van der Waals surface area contributed by atoms with Gasteiger partial charge >= 0.3 is 0 Å². The van der Waals surface area contributed by atoms with Crippen molar-refractivity contribution in [1.29, 1.82) is 0 Å². The Morgan fingerprint density at radius 1 is 1.47 bits per heavy atom. The Kier molecular flexibility index (Phi) is 3.27. The zero-order valence-electron chi connectivity index (χ0n) is 11.3. The molecule has 0 saturated heterocycles. The van der Waals surface area contributed by atoms with Crippen molar-refractivity contribution in [3.05, 3.63) is 29.8 Å². The number of aromatic nitrogens is 2. The average Bonchev–Trinajstić information content (AvgIpc) is 3.16. The van der Waals surface area contributed by atoms with Crippen LogP contribution < -0.4 is 5.73 Å². The molecule has 1 aromatic heterocycles. The Labute approximate surface area is 112 Å². The first kappa shape index (κ1) is 12.6. The number of imidazole rings is 1. The van der Waals surface area contributed by atoms with Gasteiger partial charge in [-0.05, 0) is 44.4 Å². The van der Waals surface area contributed by atoms with Gasteiger partial charge in [0.15, 0.2) is 0 Å². The fourth-order valence-corrected chi connectivity index (χ4v) is 2.71. The van der Waals surface area contributed by atoms with Crippen LogP contribution in [0.2, 0.25) is 0 Å². The van der Waals surface area contributed by atoms with Crippen molar-refractivity contribution >= 4 is 11.0 Å². The van der Waals surface area contributed by atoms with E-state index in [-0.39, 0.29) is 5.82 Å². The lowest BCUT2D eigenvalue weighted by Crippen LogP contribution is -2.08. The molecule has 3 nitrogen and oxygen atoms in total. The molecule has 0 bridgehead atoms. The van der Waals surface area contributed by atoms with E-state index in [0.29, 0.717) is 18.5 Å². The highest BCUT2D eigenvalue weighted by Gasteiger charge is 2.29. The van der Waals surface area contributed by atoms with Gasteiger partial charge in [0.05, 0.1) is 11.0 Å². The van der Waals surface area contributed by atoms with Gasteiger partial charge in [0, 0.05) is 18.0 Å². The quantitative estimate of drug-likeness (QED) is 0.897. The Morgan fingerprint density at radius 2 is 2.26 bits per heavy atom. The minimum Gasteiger partial charge on any atom is -0.330 e. The van der Waals surface area contributed by atoms with Crippen molar-refractivity contribution < 1.29 is 4.39 Å². The van der Waals surface area contributed by atoms with Crippen LogP contribution in [0.4, 0.5) is 4.39 Å². The molecule has 0 amide bonds. The second-order valence-electron chi connectivity index (χ2n) is 5.54. The summed E-state index contributed by atoms with van der Waals surface area (Å²) < 4.78 is 15.6. The van der Waals surface area contributed by atoms with E-state index in [9.17, 15) is 4.39 Å². The standard InChI is InChI=1S/C15H20FN3/c1-10(3-2-8-17)15-18-13-9-11(16)4-7-14(13)19(15)12-5-6-12/h4,7,9-10,12H,2-3,5-6,8,17H2,1H3. The number of rotatable bonds is 5. The number of nitrogens with two attached hydrogens (primary N) is 1. The third-order valence-corrected chi connectivity index (χ3v) is 3.87. The first-order chi connectivity index (χ1) is 9.20. The number of hydrogen-bond donors (Lipinski definition) is 1. The van der Waals surface area contributed by atoms with Crippen LogP contribution in [-0.2, 0) is 0 Å². The van der Waals surface area contributed by atoms with E-state index in [2.05, 4.69) is 16.5 Å². The van der Waals surface area contributed by atoms with Crippen molar-refractivity contribution in [3.63, 3.8) is 0 Å². The van der Waals surface area contributed by atoms with Crippen LogP contribution in [0.1, 0.15) is 50.4 Å². The zero-order valence-corrected chi connectivity index (χ0v) is 11.3. The van der Waals surface area contributed by atoms with Crippen molar-refractivity contribution in [2.45, 2.75) is 44.6 Å². The van der Waals surface area contributed by atoms with Crippen molar-refractivity contribution in [3.8, 4) is 0 Å². The van der Waals surface area contributed by atoms with E-state index in [1.807, 2.05) is 6.07 Å². The van der Waals surface area contributed by atoms with Crippen LogP contribution in [0, 0.1) is 5.82 Å². The molecule has 1 atom stereocenters. The summed E-state index contributed by atoms with van der Waals surface area (Å²) in [5.41, 5.74) is 7.43. The van der Waals surface area contributed by atoms with E-state index in [0.717, 1.165) is 29.7 Å². The Balaban J connectivity index is 2.04. The molecule has 19 heavy (non-hydrogen) atoms. The predicted molar refractivity (Wildman–Crippen MR) is 74.7 cm³/mol. The second kappa shape index (κ2) is 4.93. The third kappa shape index (κ3) is 2.37. The Hall–Kier alpha value is -1.42. The zero-order chi connectivity index (χ0) is 13.4. The van der Waals surface area contributed by atoms with Gasteiger partial charge in [-0.25, -0.2) is 9.37 Å². The molecule has 2 N–H and O–H groups in total. The van der Waals surface area contributed by atoms with Gasteiger partial charge in [0.1, 0.15) is 11.6 Å². The van der Waals surface area contributed by atoms with Gasteiger partial charge < -0.3 is 10.3 Å². The van der Waals surface area contributed by atoms with E-state index in [1.54, 1.807) is 0 Å². The summed E-state index contributed by atoms with van der Waals surface area (Å²) in [5, 5.41) is 0. The first-order valence-electron chi connectivity index (χ1n) is 7.08. The highest BCUT2D eigenvalue weighted by atomic mass is 19.1. The summed E-state index contributed by atoms with van der Waals surface area (Å²) in [6.45, 7) is 2.90. The van der Waals surface area contributed by atoms with E-state index < -0.39 is 0 Å². The fourth-order valence-electron chi connectivity index (χ4n) is 2.71. The maximum absolute atomic E-state index is 13.3. The van der Waals surface area contributed by atoms with Gasteiger partial charge in [-0.1, -0.05) is 6.92 Å². The number of hydrogen-bond acceptors (Lipinski definition) is 2. The molecule has 1 aliphatic carbocycles. The predicted octanol–water partition coefficient (Wildman–Crippen LogP) is 3.35. The second-order valence-corrected chi connectivity index (χ2v) is 5.54. The molecule has 1 unspecified atom stereocenters. The molecule has 0 spiro atoms. The van der Waals surface area contributed by atoms with E-state index in [4.69, 9.17) is 5.73 Å². The van der Waals surface area contributed by atoms with Crippen LogP contribution >= 0.6 is 0 Å². The number of halogens is 1. The molecule has 2 aromatic rings. The molecule has 4 heteroatoms. The molecule has 3 rings (SSSR count). The Morgan fingerprint density at radius 3 is 2.95 bits per heavy atom. The molecule has 102 valence electrons. The smallest absolute Gasteiger partial charge is 0.125 e. The van der Waals surface area contributed by atoms with Gasteiger partial charge in [0.2, 0.25) is 0 Å². The molecule has 0 radical (unpaired) electrons. The lowest BCUT2D eigenvalue weighted by Gasteiger charge is -2.13. The lowest BCUT2D eigenvalue weighted by atomic mass is 10.0. The summed E-state index contributed by atoms with van der Waals surface area (Å²) in [6.07, 6.45) is 4.46. The molecule has 1 fully saturated rings. The SMILES string of the molecule is CC(CCCN)c1nc2cc(F)ccc2n1C1CC1. The normalized spacial score (nSPS) is 17.0. The van der Waals surface area contributed by atoms with Crippen LogP contribution in [-0.4, -0.2) is 16.1 Å². The Bertz CT molecular complexity index is 586. The molecular formula is C15H20FN3. The third-order valence-electron chi connectivity index (χ3n) is 3.87. The summed E-state index contributed by atoms with van der Waals surface area (Å²) >= 11 is 0. The highest BCUT2D eigenvalue weighted by molar-refractivity contribution is 5.76. The topological polar surface area (TPSA) is 43.8 Å². The van der Waals surface area contributed by atoms with Gasteiger partial charge in [-0.3, -0.25) is 0 Å². The van der Waals surface area contributed by atoms with Crippen molar-refractivity contribution in [2.24, 2.45) is 5.73 Å². The first-order valence-corrected chi connectivity index (χ1v) is 7.08.